The van der Waals surface area contributed by atoms with Crippen molar-refractivity contribution in [3.63, 3.8) is 0 Å². The molecule has 3 nitrogen and oxygen atoms in total. The van der Waals surface area contributed by atoms with Gasteiger partial charge in [0.25, 0.3) is 5.91 Å². The first kappa shape index (κ1) is 23.0. The molecule has 2 rings (SSSR count). The zero-order valence-corrected chi connectivity index (χ0v) is 19.0. The summed E-state index contributed by atoms with van der Waals surface area (Å²) < 4.78 is 6.16. The molecule has 29 heavy (non-hydrogen) atoms. The Hall–Kier alpha value is -2.29. The summed E-state index contributed by atoms with van der Waals surface area (Å²) in [5.41, 5.74) is 3.52. The van der Waals surface area contributed by atoms with Crippen LogP contribution in [0.4, 0.5) is 0 Å². The summed E-state index contributed by atoms with van der Waals surface area (Å²) in [6.07, 6.45) is 2.92. The van der Waals surface area contributed by atoms with E-state index in [1.807, 2.05) is 30.3 Å². The Morgan fingerprint density at radius 3 is 2.21 bits per heavy atom. The molecular weight excluding hydrogens is 358 g/mol. The summed E-state index contributed by atoms with van der Waals surface area (Å²) in [5.74, 6) is 0.923. The largest absolute Gasteiger partial charge is 0.493 e. The van der Waals surface area contributed by atoms with Gasteiger partial charge < -0.3 is 10.1 Å². The second kappa shape index (κ2) is 9.96. The molecule has 1 N–H and O–H groups in total. The highest BCUT2D eigenvalue weighted by Gasteiger charge is 2.26. The van der Waals surface area contributed by atoms with E-state index in [0.717, 1.165) is 25.0 Å². The molecule has 0 atom stereocenters. The molecular formula is C26H37NO2. The summed E-state index contributed by atoms with van der Waals surface area (Å²) in [4.78, 5) is 12.1. The molecule has 0 aliphatic carbocycles. The molecule has 1 amide bonds. The van der Waals surface area contributed by atoms with Crippen molar-refractivity contribution in [2.24, 2.45) is 0 Å². The van der Waals surface area contributed by atoms with Gasteiger partial charge in [-0.05, 0) is 53.9 Å². The van der Waals surface area contributed by atoms with Crippen LogP contribution in [0.1, 0.15) is 82.3 Å². The van der Waals surface area contributed by atoms with Crippen molar-refractivity contribution in [1.29, 1.82) is 0 Å². The number of nitrogens with one attached hydrogen (secondary N) is 1. The van der Waals surface area contributed by atoms with Gasteiger partial charge in [0.15, 0.2) is 0 Å². The number of rotatable bonds is 10. The summed E-state index contributed by atoms with van der Waals surface area (Å²) in [6, 6.07) is 16.0. The highest BCUT2D eigenvalue weighted by Crippen LogP contribution is 2.38. The molecule has 0 saturated heterocycles. The van der Waals surface area contributed by atoms with Crippen molar-refractivity contribution in [2.45, 2.75) is 71.6 Å². The van der Waals surface area contributed by atoms with E-state index < -0.39 is 0 Å². The lowest BCUT2D eigenvalue weighted by atomic mass is 9.76. The minimum Gasteiger partial charge on any atom is -0.493 e. The van der Waals surface area contributed by atoms with Crippen LogP contribution in [0.15, 0.2) is 48.5 Å². The minimum atomic E-state index is -0.0374. The van der Waals surface area contributed by atoms with Crippen molar-refractivity contribution in [1.82, 2.24) is 5.32 Å². The van der Waals surface area contributed by atoms with E-state index in [1.165, 1.54) is 11.1 Å². The molecule has 0 fully saturated rings. The molecule has 0 radical (unpaired) electrons. The summed E-state index contributed by atoms with van der Waals surface area (Å²) in [6.45, 7) is 14.8. The van der Waals surface area contributed by atoms with Crippen LogP contribution >= 0.6 is 0 Å². The predicted octanol–water partition coefficient (Wildman–Crippen LogP) is 6.26. The maximum atomic E-state index is 12.1. The summed E-state index contributed by atoms with van der Waals surface area (Å²) >= 11 is 0. The van der Waals surface area contributed by atoms with Gasteiger partial charge in [0.05, 0.1) is 6.61 Å². The molecule has 0 spiro atoms. The fourth-order valence-electron chi connectivity index (χ4n) is 3.15. The Bertz CT molecular complexity index is 794. The molecule has 0 aliphatic rings. The van der Waals surface area contributed by atoms with Gasteiger partial charge in [-0.3, -0.25) is 4.79 Å². The molecule has 2 aromatic carbocycles. The van der Waals surface area contributed by atoms with Gasteiger partial charge in [-0.1, -0.05) is 71.9 Å². The van der Waals surface area contributed by atoms with E-state index in [4.69, 9.17) is 4.74 Å². The zero-order valence-electron chi connectivity index (χ0n) is 19.0. The van der Waals surface area contributed by atoms with Gasteiger partial charge in [0.1, 0.15) is 5.75 Å². The second-order valence-corrected chi connectivity index (χ2v) is 9.01. The van der Waals surface area contributed by atoms with Gasteiger partial charge in [-0.25, -0.2) is 0 Å². The number of carbonyl (C=O) groups is 1. The van der Waals surface area contributed by atoms with Crippen molar-refractivity contribution < 1.29 is 9.53 Å². The van der Waals surface area contributed by atoms with Crippen LogP contribution in [0.5, 0.6) is 5.75 Å². The Balaban J connectivity index is 2.00. The molecule has 0 aromatic heterocycles. The lowest BCUT2D eigenvalue weighted by Gasteiger charge is -2.30. The number of hydrogen-bond donors (Lipinski definition) is 1. The smallest absolute Gasteiger partial charge is 0.251 e. The average Bonchev–Trinajstić information content (AvgIpc) is 2.73. The topological polar surface area (TPSA) is 38.3 Å². The van der Waals surface area contributed by atoms with Crippen molar-refractivity contribution in [3.05, 3.63) is 65.2 Å². The normalized spacial score (nSPS) is 11.9. The second-order valence-electron chi connectivity index (χ2n) is 9.01. The number of carbonyl (C=O) groups excluding carboxylic acids is 1. The van der Waals surface area contributed by atoms with Gasteiger partial charge in [0.2, 0.25) is 0 Å². The fourth-order valence-corrected chi connectivity index (χ4v) is 3.15. The Kier molecular flexibility index (Phi) is 7.89. The Labute approximate surface area is 176 Å². The maximum absolute atomic E-state index is 12.1. The highest BCUT2D eigenvalue weighted by molar-refractivity contribution is 5.94. The monoisotopic (exact) mass is 395 g/mol. The van der Waals surface area contributed by atoms with E-state index >= 15 is 0 Å². The van der Waals surface area contributed by atoms with Crippen molar-refractivity contribution in [3.8, 4) is 5.75 Å². The number of amides is 1. The molecule has 0 unspecified atom stereocenters. The minimum absolute atomic E-state index is 0.0374. The molecule has 0 bridgehead atoms. The van der Waals surface area contributed by atoms with E-state index in [1.54, 1.807) is 0 Å². The lowest BCUT2D eigenvalue weighted by molar-refractivity contribution is 0.0951. The van der Waals surface area contributed by atoms with Crippen LogP contribution in [0.25, 0.3) is 0 Å². The Morgan fingerprint density at radius 1 is 0.931 bits per heavy atom. The van der Waals surface area contributed by atoms with E-state index in [9.17, 15) is 4.79 Å². The lowest BCUT2D eigenvalue weighted by Crippen LogP contribution is -2.25. The first-order chi connectivity index (χ1) is 13.7. The fraction of sp³-hybridized carbons (Fsp3) is 0.500. The van der Waals surface area contributed by atoms with Gasteiger partial charge in [0, 0.05) is 17.7 Å². The number of benzene rings is 2. The van der Waals surface area contributed by atoms with E-state index in [0.29, 0.717) is 18.7 Å². The summed E-state index contributed by atoms with van der Waals surface area (Å²) in [5, 5.41) is 2.96. The predicted molar refractivity (Wildman–Crippen MR) is 122 cm³/mol. The van der Waals surface area contributed by atoms with Gasteiger partial charge >= 0.3 is 0 Å². The van der Waals surface area contributed by atoms with Crippen LogP contribution in [0.3, 0.4) is 0 Å². The summed E-state index contributed by atoms with van der Waals surface area (Å²) in [7, 11) is 0. The number of ether oxygens (including phenoxy) is 1. The van der Waals surface area contributed by atoms with Crippen LogP contribution in [-0.4, -0.2) is 19.1 Å². The molecule has 3 heteroatoms. The van der Waals surface area contributed by atoms with Crippen LogP contribution in [0.2, 0.25) is 0 Å². The average molecular weight is 396 g/mol. The first-order valence-corrected chi connectivity index (χ1v) is 10.8. The van der Waals surface area contributed by atoms with Gasteiger partial charge in [-0.2, -0.15) is 0 Å². The van der Waals surface area contributed by atoms with Crippen LogP contribution in [-0.2, 0) is 10.8 Å². The van der Waals surface area contributed by atoms with E-state index in [-0.39, 0.29) is 16.7 Å². The molecule has 2 aromatic rings. The van der Waals surface area contributed by atoms with Crippen LogP contribution < -0.4 is 10.1 Å². The van der Waals surface area contributed by atoms with Crippen molar-refractivity contribution >= 4 is 5.91 Å². The quantitative estimate of drug-likeness (QED) is 0.482. The third-order valence-corrected chi connectivity index (χ3v) is 6.16. The molecule has 0 heterocycles. The Morgan fingerprint density at radius 2 is 1.59 bits per heavy atom. The maximum Gasteiger partial charge on any atom is 0.251 e. The van der Waals surface area contributed by atoms with E-state index in [2.05, 4.69) is 65.1 Å². The molecule has 0 aliphatic heterocycles. The van der Waals surface area contributed by atoms with Crippen molar-refractivity contribution in [2.75, 3.05) is 13.2 Å². The first-order valence-electron chi connectivity index (χ1n) is 10.8. The third-order valence-electron chi connectivity index (χ3n) is 6.16. The van der Waals surface area contributed by atoms with Gasteiger partial charge in [-0.15, -0.1) is 0 Å². The standard InChI is InChI=1S/C26H37NO2/c1-7-25(3,4)21-15-16-23(22(19-21)26(5,6)8-2)29-18-12-17-27-24(28)20-13-10-9-11-14-20/h9-11,13-16,19H,7-8,12,17-18H2,1-6H3,(H,27,28). The molecule has 0 saturated carbocycles. The number of hydrogen-bond acceptors (Lipinski definition) is 2. The van der Waals surface area contributed by atoms with Crippen LogP contribution in [0, 0.1) is 0 Å². The SMILES string of the molecule is CCC(C)(C)c1ccc(OCCCNC(=O)c2ccccc2)c(C(C)(C)CC)c1. The third kappa shape index (κ3) is 6.09. The highest BCUT2D eigenvalue weighted by atomic mass is 16.5. The zero-order chi connectivity index (χ0) is 21.5. The molecule has 158 valence electrons.